The van der Waals surface area contributed by atoms with Crippen molar-refractivity contribution in [3.63, 3.8) is 0 Å². The number of aliphatic hydroxyl groups is 1. The van der Waals surface area contributed by atoms with Gasteiger partial charge in [0.25, 0.3) is 0 Å². The monoisotopic (exact) mass is 493 g/mol. The highest BCUT2D eigenvalue weighted by Gasteiger charge is 2.45. The van der Waals surface area contributed by atoms with Crippen molar-refractivity contribution in [1.29, 1.82) is 0 Å². The summed E-state index contributed by atoms with van der Waals surface area (Å²) in [4.78, 5) is 14.5. The van der Waals surface area contributed by atoms with Gasteiger partial charge in [0.15, 0.2) is 6.23 Å². The molecular weight excluding hydrogens is 438 g/mol. The fourth-order valence-corrected chi connectivity index (χ4v) is 5.81. The molecule has 0 spiro atoms. The molecule has 0 unspecified atom stereocenters. The second-order valence-corrected chi connectivity index (χ2v) is 10.8. The minimum atomic E-state index is -0.318. The third kappa shape index (κ3) is 10.3. The Morgan fingerprint density at radius 1 is 0.829 bits per heavy atom. The van der Waals surface area contributed by atoms with Crippen LogP contribution in [0.2, 0.25) is 0 Å². The second-order valence-electron chi connectivity index (χ2n) is 10.8. The van der Waals surface area contributed by atoms with E-state index in [0.29, 0.717) is 18.3 Å². The molecule has 0 radical (unpaired) electrons. The summed E-state index contributed by atoms with van der Waals surface area (Å²) in [5, 5.41) is 9.92. The van der Waals surface area contributed by atoms with E-state index < -0.39 is 0 Å². The Labute approximate surface area is 216 Å². The highest BCUT2D eigenvalue weighted by Crippen LogP contribution is 2.39. The molecule has 0 aliphatic carbocycles. The van der Waals surface area contributed by atoms with Gasteiger partial charge >= 0.3 is 6.09 Å². The minimum absolute atomic E-state index is 0.0614. The smallest absolute Gasteiger partial charge is 0.413 e. The number of amides is 1. The highest BCUT2D eigenvalue weighted by atomic mass is 16.6. The van der Waals surface area contributed by atoms with Crippen LogP contribution in [0.15, 0.2) is 11.8 Å². The highest BCUT2D eigenvalue weighted by molar-refractivity contribution is 5.70. The average Bonchev–Trinajstić information content (AvgIpc) is 3.25. The van der Waals surface area contributed by atoms with Gasteiger partial charge in [0.1, 0.15) is 19.0 Å². The van der Waals surface area contributed by atoms with Crippen molar-refractivity contribution in [3.8, 4) is 0 Å². The fraction of sp³-hybridized carbons (Fsp3) is 0.900. The molecule has 2 aliphatic heterocycles. The molecule has 1 amide bonds. The molecule has 0 saturated carbocycles. The van der Waals surface area contributed by atoms with Crippen LogP contribution >= 0.6 is 0 Å². The summed E-state index contributed by atoms with van der Waals surface area (Å²) in [5.41, 5.74) is 0. The van der Waals surface area contributed by atoms with E-state index in [4.69, 9.17) is 9.47 Å². The molecule has 5 heteroatoms. The van der Waals surface area contributed by atoms with Crippen LogP contribution in [-0.4, -0.2) is 41.6 Å². The van der Waals surface area contributed by atoms with Crippen LogP contribution in [0.25, 0.3) is 0 Å². The Morgan fingerprint density at radius 2 is 1.37 bits per heavy atom. The van der Waals surface area contributed by atoms with Gasteiger partial charge in [-0.3, -0.25) is 4.90 Å². The van der Waals surface area contributed by atoms with Crippen molar-refractivity contribution in [3.05, 3.63) is 11.8 Å². The van der Waals surface area contributed by atoms with Crippen molar-refractivity contribution < 1.29 is 19.4 Å². The number of hydrogen-bond acceptors (Lipinski definition) is 4. The van der Waals surface area contributed by atoms with E-state index >= 15 is 0 Å². The van der Waals surface area contributed by atoms with E-state index in [-0.39, 0.29) is 30.9 Å². The van der Waals surface area contributed by atoms with Crippen LogP contribution in [0.3, 0.4) is 0 Å². The largest absolute Gasteiger partial charge is 0.472 e. The standard InChI is InChI=1S/C30H55NO4/c1-4-7-9-11-12-13-14-15-16-17-18-20-25-22-27(23-32)35-29(28(25)21-19-10-8-5-2)31-26(6-3)24-34-30(31)33/h22,25-26,28-29,32H,4-21,23-24H2,1-3H3/t25-,26+,28+,29+/m0/s1. The van der Waals surface area contributed by atoms with E-state index in [2.05, 4.69) is 26.8 Å². The van der Waals surface area contributed by atoms with Crippen LogP contribution in [0.5, 0.6) is 0 Å². The molecule has 0 aromatic heterocycles. The predicted octanol–water partition coefficient (Wildman–Crippen LogP) is 8.35. The second kappa shape index (κ2) is 18.1. The molecule has 2 heterocycles. The van der Waals surface area contributed by atoms with Crippen molar-refractivity contribution in [2.75, 3.05) is 13.2 Å². The maximum atomic E-state index is 12.7. The van der Waals surface area contributed by atoms with Gasteiger partial charge in [0, 0.05) is 5.92 Å². The summed E-state index contributed by atoms with van der Waals surface area (Å²) in [6.07, 6.45) is 24.3. The average molecular weight is 494 g/mol. The van der Waals surface area contributed by atoms with E-state index in [1.807, 2.05) is 4.90 Å². The van der Waals surface area contributed by atoms with E-state index in [1.165, 1.54) is 89.9 Å². The topological polar surface area (TPSA) is 59.0 Å². The lowest BCUT2D eigenvalue weighted by atomic mass is 9.80. The van der Waals surface area contributed by atoms with Crippen molar-refractivity contribution >= 4 is 6.09 Å². The Bertz CT molecular complexity index is 593. The van der Waals surface area contributed by atoms with Crippen molar-refractivity contribution in [2.45, 2.75) is 149 Å². The van der Waals surface area contributed by atoms with Gasteiger partial charge in [0.2, 0.25) is 0 Å². The van der Waals surface area contributed by atoms with Crippen LogP contribution < -0.4 is 0 Å². The quantitative estimate of drug-likeness (QED) is 0.173. The molecule has 0 aromatic rings. The molecule has 5 nitrogen and oxygen atoms in total. The molecule has 2 aliphatic rings. The number of ether oxygens (including phenoxy) is 2. The number of allylic oxidation sites excluding steroid dienone is 1. The van der Waals surface area contributed by atoms with E-state index in [0.717, 1.165) is 25.7 Å². The molecule has 0 bridgehead atoms. The molecule has 1 fully saturated rings. The van der Waals surface area contributed by atoms with Crippen molar-refractivity contribution in [2.24, 2.45) is 11.8 Å². The van der Waals surface area contributed by atoms with Crippen LogP contribution in [0, 0.1) is 11.8 Å². The lowest BCUT2D eigenvalue weighted by molar-refractivity contribution is -0.0843. The van der Waals surface area contributed by atoms with Crippen LogP contribution in [0.4, 0.5) is 4.79 Å². The molecule has 204 valence electrons. The summed E-state index contributed by atoms with van der Waals surface area (Å²) >= 11 is 0. The number of hydrogen-bond donors (Lipinski definition) is 1. The third-order valence-electron chi connectivity index (χ3n) is 8.02. The normalized spacial score (nSPS) is 24.4. The Morgan fingerprint density at radius 3 is 1.94 bits per heavy atom. The van der Waals surface area contributed by atoms with Crippen molar-refractivity contribution in [1.82, 2.24) is 4.90 Å². The van der Waals surface area contributed by atoms with Gasteiger partial charge in [-0.05, 0) is 31.3 Å². The first-order valence-corrected chi connectivity index (χ1v) is 15.1. The lowest BCUT2D eigenvalue weighted by Gasteiger charge is -2.42. The maximum absolute atomic E-state index is 12.7. The Hall–Kier alpha value is -1.23. The summed E-state index contributed by atoms with van der Waals surface area (Å²) in [6.45, 7) is 6.96. The zero-order valence-electron chi connectivity index (χ0n) is 23.1. The number of nitrogens with zero attached hydrogens (tertiary/aromatic N) is 1. The number of rotatable bonds is 20. The first kappa shape index (κ1) is 30.0. The van der Waals surface area contributed by atoms with Gasteiger partial charge in [-0.1, -0.05) is 117 Å². The molecule has 1 saturated heterocycles. The van der Waals surface area contributed by atoms with Gasteiger partial charge in [-0.15, -0.1) is 0 Å². The number of aliphatic hydroxyl groups excluding tert-OH is 1. The summed E-state index contributed by atoms with van der Waals surface area (Å²) < 4.78 is 11.7. The number of cyclic esters (lactones) is 1. The first-order chi connectivity index (χ1) is 17.2. The maximum Gasteiger partial charge on any atom is 0.413 e. The van der Waals surface area contributed by atoms with Crippen LogP contribution in [-0.2, 0) is 9.47 Å². The Kier molecular flexibility index (Phi) is 15.5. The molecule has 4 atom stereocenters. The SMILES string of the molecule is CCCCCCCCCCCCC[C@H]1C=C(CO)O[C@@H](N2C(=O)OC[C@H]2CC)[C@@H]1CCCCCC. The lowest BCUT2D eigenvalue weighted by Crippen LogP contribution is -2.51. The van der Waals surface area contributed by atoms with Gasteiger partial charge in [0.05, 0.1) is 6.04 Å². The molecule has 1 N–H and O–H groups in total. The Balaban J connectivity index is 1.88. The van der Waals surface area contributed by atoms with E-state index in [1.54, 1.807) is 0 Å². The minimum Gasteiger partial charge on any atom is -0.472 e. The third-order valence-corrected chi connectivity index (χ3v) is 8.02. The fourth-order valence-electron chi connectivity index (χ4n) is 5.81. The van der Waals surface area contributed by atoms with Crippen LogP contribution in [0.1, 0.15) is 136 Å². The first-order valence-electron chi connectivity index (χ1n) is 15.1. The molecule has 2 rings (SSSR count). The zero-order valence-corrected chi connectivity index (χ0v) is 23.1. The van der Waals surface area contributed by atoms with Gasteiger partial charge < -0.3 is 14.6 Å². The summed E-state index contributed by atoms with van der Waals surface area (Å²) in [6, 6.07) is 0.0614. The number of carbonyl (C=O) groups is 1. The number of unbranched alkanes of at least 4 members (excludes halogenated alkanes) is 13. The van der Waals surface area contributed by atoms with Gasteiger partial charge in [-0.2, -0.15) is 0 Å². The summed E-state index contributed by atoms with van der Waals surface area (Å²) in [5.74, 6) is 1.24. The molecule has 0 aromatic carbocycles. The number of carbonyl (C=O) groups excluding carboxylic acids is 1. The van der Waals surface area contributed by atoms with E-state index in [9.17, 15) is 9.90 Å². The predicted molar refractivity (Wildman–Crippen MR) is 144 cm³/mol. The molecular formula is C30H55NO4. The zero-order chi connectivity index (χ0) is 25.3. The molecule has 35 heavy (non-hydrogen) atoms. The van der Waals surface area contributed by atoms with Gasteiger partial charge in [-0.25, -0.2) is 4.79 Å². The summed E-state index contributed by atoms with van der Waals surface area (Å²) in [7, 11) is 0.